The SMILES string of the molecule is COC1CN(S(=O)(=O)c2ccc(Cl)nc2)C1. The summed E-state index contributed by atoms with van der Waals surface area (Å²) in [5, 5.41) is 0.275. The van der Waals surface area contributed by atoms with Crippen LogP contribution < -0.4 is 0 Å². The number of hydrogen-bond acceptors (Lipinski definition) is 4. The molecule has 0 unspecified atom stereocenters. The van der Waals surface area contributed by atoms with Crippen molar-refractivity contribution in [2.75, 3.05) is 20.2 Å². The highest BCUT2D eigenvalue weighted by molar-refractivity contribution is 7.89. The number of halogens is 1. The summed E-state index contributed by atoms with van der Waals surface area (Å²) in [4.78, 5) is 3.91. The highest BCUT2D eigenvalue weighted by Crippen LogP contribution is 2.22. The van der Waals surface area contributed by atoms with E-state index in [4.69, 9.17) is 16.3 Å². The molecule has 0 N–H and O–H groups in total. The van der Waals surface area contributed by atoms with Crippen molar-refractivity contribution in [3.63, 3.8) is 0 Å². The van der Waals surface area contributed by atoms with E-state index < -0.39 is 10.0 Å². The maximum Gasteiger partial charge on any atom is 0.244 e. The summed E-state index contributed by atoms with van der Waals surface area (Å²) in [6.45, 7) is 0.781. The third kappa shape index (κ3) is 2.06. The number of ether oxygens (including phenoxy) is 1. The maximum atomic E-state index is 12.0. The molecule has 1 aliphatic rings. The Morgan fingerprint density at radius 2 is 2.19 bits per heavy atom. The van der Waals surface area contributed by atoms with Gasteiger partial charge in [0, 0.05) is 26.4 Å². The molecule has 0 bridgehead atoms. The van der Waals surface area contributed by atoms with Crippen molar-refractivity contribution in [2.45, 2.75) is 11.0 Å². The average Bonchev–Trinajstić information content (AvgIpc) is 2.16. The lowest BCUT2D eigenvalue weighted by Gasteiger charge is -2.36. The molecule has 16 heavy (non-hydrogen) atoms. The smallest absolute Gasteiger partial charge is 0.244 e. The second-order valence-electron chi connectivity index (χ2n) is 3.50. The van der Waals surface area contributed by atoms with Crippen LogP contribution in [0.5, 0.6) is 0 Å². The van der Waals surface area contributed by atoms with E-state index in [9.17, 15) is 8.42 Å². The van der Waals surface area contributed by atoms with Crippen molar-refractivity contribution in [1.29, 1.82) is 0 Å². The van der Waals surface area contributed by atoms with Crippen LogP contribution in [0.3, 0.4) is 0 Å². The van der Waals surface area contributed by atoms with Gasteiger partial charge in [-0.2, -0.15) is 4.31 Å². The lowest BCUT2D eigenvalue weighted by Crippen LogP contribution is -2.54. The number of rotatable bonds is 3. The van der Waals surface area contributed by atoms with Crippen LogP contribution in [0.1, 0.15) is 0 Å². The molecule has 5 nitrogen and oxygen atoms in total. The first-order chi connectivity index (χ1) is 7.54. The number of pyridine rings is 1. The van der Waals surface area contributed by atoms with E-state index in [-0.39, 0.29) is 16.2 Å². The molecule has 1 aromatic rings. The van der Waals surface area contributed by atoms with Crippen molar-refractivity contribution in [1.82, 2.24) is 9.29 Å². The van der Waals surface area contributed by atoms with Crippen LogP contribution in [0.2, 0.25) is 5.15 Å². The minimum Gasteiger partial charge on any atom is -0.379 e. The summed E-state index contributed by atoms with van der Waals surface area (Å²) in [6, 6.07) is 2.91. The number of nitrogens with zero attached hydrogens (tertiary/aromatic N) is 2. The zero-order chi connectivity index (χ0) is 11.8. The van der Waals surface area contributed by atoms with E-state index in [1.807, 2.05) is 0 Å². The minimum absolute atomic E-state index is 0.00460. The number of methoxy groups -OCH3 is 1. The Hall–Kier alpha value is -0.690. The zero-order valence-corrected chi connectivity index (χ0v) is 10.2. The van der Waals surface area contributed by atoms with E-state index in [2.05, 4.69) is 4.98 Å². The van der Waals surface area contributed by atoms with Gasteiger partial charge in [0.15, 0.2) is 0 Å². The van der Waals surface area contributed by atoms with Gasteiger partial charge >= 0.3 is 0 Å². The second-order valence-corrected chi connectivity index (χ2v) is 5.82. The van der Waals surface area contributed by atoms with Gasteiger partial charge in [-0.3, -0.25) is 0 Å². The Bertz CT molecular complexity index is 468. The van der Waals surface area contributed by atoms with Gasteiger partial charge < -0.3 is 4.74 Å². The third-order valence-corrected chi connectivity index (χ3v) is 4.52. The van der Waals surface area contributed by atoms with Crippen LogP contribution in [0.15, 0.2) is 23.2 Å². The lowest BCUT2D eigenvalue weighted by atomic mass is 10.2. The molecule has 1 aromatic heterocycles. The van der Waals surface area contributed by atoms with Crippen LogP contribution in [-0.4, -0.2) is 44.0 Å². The molecule has 0 aliphatic carbocycles. The molecule has 1 fully saturated rings. The van der Waals surface area contributed by atoms with Crippen molar-refractivity contribution in [3.05, 3.63) is 23.5 Å². The topological polar surface area (TPSA) is 59.5 Å². The minimum atomic E-state index is -3.43. The highest BCUT2D eigenvalue weighted by atomic mass is 35.5. The van der Waals surface area contributed by atoms with E-state index in [0.29, 0.717) is 13.1 Å². The monoisotopic (exact) mass is 262 g/mol. The van der Waals surface area contributed by atoms with E-state index in [1.165, 1.54) is 22.6 Å². The van der Waals surface area contributed by atoms with Crippen LogP contribution in [0.4, 0.5) is 0 Å². The van der Waals surface area contributed by atoms with Crippen LogP contribution in [0, 0.1) is 0 Å². The van der Waals surface area contributed by atoms with Crippen LogP contribution >= 0.6 is 11.6 Å². The van der Waals surface area contributed by atoms with Gasteiger partial charge in [0.05, 0.1) is 6.10 Å². The molecule has 2 heterocycles. The first kappa shape index (κ1) is 11.8. The molecule has 7 heteroatoms. The van der Waals surface area contributed by atoms with Gasteiger partial charge in [-0.1, -0.05) is 11.6 Å². The molecule has 1 saturated heterocycles. The summed E-state index contributed by atoms with van der Waals surface area (Å²) in [5.74, 6) is 0. The van der Waals surface area contributed by atoms with Gasteiger partial charge in [0.1, 0.15) is 10.0 Å². The zero-order valence-electron chi connectivity index (χ0n) is 8.63. The summed E-state index contributed by atoms with van der Waals surface area (Å²) in [6.07, 6.45) is 1.26. The van der Waals surface area contributed by atoms with Crippen molar-refractivity contribution >= 4 is 21.6 Å². The van der Waals surface area contributed by atoms with Crippen molar-refractivity contribution in [2.24, 2.45) is 0 Å². The van der Waals surface area contributed by atoms with E-state index in [1.54, 1.807) is 7.11 Å². The molecule has 0 saturated carbocycles. The molecule has 0 radical (unpaired) electrons. The molecule has 88 valence electrons. The molecular formula is C9H11ClN2O3S. The molecule has 1 aliphatic heterocycles. The Morgan fingerprint density at radius 1 is 1.50 bits per heavy atom. The summed E-state index contributed by atoms with van der Waals surface area (Å²) in [5.41, 5.74) is 0. The van der Waals surface area contributed by atoms with Gasteiger partial charge in [-0.15, -0.1) is 0 Å². The Balaban J connectivity index is 2.17. The summed E-state index contributed by atoms with van der Waals surface area (Å²) in [7, 11) is -1.86. The van der Waals surface area contributed by atoms with Crippen molar-refractivity contribution in [3.8, 4) is 0 Å². The maximum absolute atomic E-state index is 12.0. The van der Waals surface area contributed by atoms with Crippen LogP contribution in [0.25, 0.3) is 0 Å². The lowest BCUT2D eigenvalue weighted by molar-refractivity contribution is 0.0125. The standard InChI is InChI=1S/C9H11ClN2O3S/c1-15-7-5-12(6-7)16(13,14)8-2-3-9(10)11-4-8/h2-4,7H,5-6H2,1H3. The van der Waals surface area contributed by atoms with Gasteiger partial charge in [0.2, 0.25) is 10.0 Å². The first-order valence-corrected chi connectivity index (χ1v) is 6.50. The van der Waals surface area contributed by atoms with Gasteiger partial charge in [-0.05, 0) is 12.1 Å². The fourth-order valence-corrected chi connectivity index (χ4v) is 2.97. The molecular weight excluding hydrogens is 252 g/mol. The summed E-state index contributed by atoms with van der Waals surface area (Å²) >= 11 is 5.60. The number of aromatic nitrogens is 1. The van der Waals surface area contributed by atoms with Gasteiger partial charge in [-0.25, -0.2) is 13.4 Å². The molecule has 0 spiro atoms. The third-order valence-electron chi connectivity index (χ3n) is 2.49. The molecule has 0 amide bonds. The number of sulfonamides is 1. The molecule has 0 atom stereocenters. The van der Waals surface area contributed by atoms with Crippen molar-refractivity contribution < 1.29 is 13.2 Å². The quantitative estimate of drug-likeness (QED) is 0.755. The molecule has 0 aromatic carbocycles. The highest BCUT2D eigenvalue weighted by Gasteiger charge is 2.36. The van der Waals surface area contributed by atoms with E-state index >= 15 is 0 Å². The fraction of sp³-hybridized carbons (Fsp3) is 0.444. The summed E-state index contributed by atoms with van der Waals surface area (Å²) < 4.78 is 30.3. The predicted molar refractivity (Wildman–Crippen MR) is 58.8 cm³/mol. The average molecular weight is 263 g/mol. The second kappa shape index (κ2) is 4.29. The van der Waals surface area contributed by atoms with E-state index in [0.717, 1.165) is 0 Å². The Kier molecular flexibility index (Phi) is 3.16. The number of hydrogen-bond donors (Lipinski definition) is 0. The Labute approximate surface area is 99.0 Å². The van der Waals surface area contributed by atoms with Crippen LogP contribution in [-0.2, 0) is 14.8 Å². The normalized spacial score (nSPS) is 18.4. The molecule has 2 rings (SSSR count). The first-order valence-electron chi connectivity index (χ1n) is 4.68. The fourth-order valence-electron chi connectivity index (χ4n) is 1.41. The Morgan fingerprint density at radius 3 is 2.69 bits per heavy atom. The van der Waals surface area contributed by atoms with Gasteiger partial charge in [0.25, 0.3) is 0 Å². The largest absolute Gasteiger partial charge is 0.379 e. The predicted octanol–water partition coefficient (Wildman–Crippen LogP) is 0.754.